The molecule has 0 atom stereocenters. The molecule has 0 spiro atoms. The van der Waals surface area contributed by atoms with Crippen LogP contribution in [0, 0.1) is 13.8 Å². The van der Waals surface area contributed by atoms with E-state index in [1.807, 2.05) is 13.8 Å². The Morgan fingerprint density at radius 3 is 2.55 bits per heavy atom. The summed E-state index contributed by atoms with van der Waals surface area (Å²) in [6, 6.07) is 10.3. The number of aromatic nitrogens is 2. The quantitative estimate of drug-likeness (QED) is 0.363. The summed E-state index contributed by atoms with van der Waals surface area (Å²) >= 11 is 1.44. The lowest BCUT2D eigenvalue weighted by atomic mass is 10.1. The second kappa shape index (κ2) is 11.3. The number of ether oxygens (including phenoxy) is 1. The molecule has 0 fully saturated rings. The number of thioether (sulfide) groups is 1. The summed E-state index contributed by atoms with van der Waals surface area (Å²) in [6.45, 7) is 3.56. The number of benzene rings is 1. The minimum Gasteiger partial charge on any atom is -0.468 e. The molecule has 0 saturated carbocycles. The van der Waals surface area contributed by atoms with Gasteiger partial charge in [-0.05, 0) is 43.7 Å². The monoisotopic (exact) mass is 468 g/mol. The van der Waals surface area contributed by atoms with E-state index in [9.17, 15) is 14.4 Å². The van der Waals surface area contributed by atoms with Crippen molar-refractivity contribution in [3.05, 3.63) is 70.7 Å². The van der Waals surface area contributed by atoms with Crippen molar-refractivity contribution in [3.63, 3.8) is 0 Å². The lowest BCUT2D eigenvalue weighted by Gasteiger charge is -2.10. The van der Waals surface area contributed by atoms with Gasteiger partial charge in [-0.3, -0.25) is 14.4 Å². The molecule has 2 aromatic heterocycles. The zero-order chi connectivity index (χ0) is 23.8. The molecule has 2 amide bonds. The van der Waals surface area contributed by atoms with Gasteiger partial charge in [-0.1, -0.05) is 17.3 Å². The molecule has 3 aromatic rings. The van der Waals surface area contributed by atoms with Crippen LogP contribution in [0.1, 0.15) is 32.9 Å². The van der Waals surface area contributed by atoms with Gasteiger partial charge in [-0.25, -0.2) is 4.98 Å². The van der Waals surface area contributed by atoms with Crippen LogP contribution < -0.4 is 10.6 Å². The average molecular weight is 469 g/mol. The van der Waals surface area contributed by atoms with Crippen molar-refractivity contribution in [2.75, 3.05) is 19.0 Å². The highest BCUT2D eigenvalue weighted by Crippen LogP contribution is 2.27. The number of pyridine rings is 1. The number of anilines is 1. The van der Waals surface area contributed by atoms with Gasteiger partial charge in [0.2, 0.25) is 5.91 Å². The Morgan fingerprint density at radius 1 is 1.12 bits per heavy atom. The number of esters is 1. The Hall–Kier alpha value is -3.66. The highest BCUT2D eigenvalue weighted by molar-refractivity contribution is 7.98. The zero-order valence-electron chi connectivity index (χ0n) is 18.5. The molecule has 0 bridgehead atoms. The zero-order valence-corrected chi connectivity index (χ0v) is 19.3. The summed E-state index contributed by atoms with van der Waals surface area (Å²) in [7, 11) is 1.26. The first-order valence-electron chi connectivity index (χ1n) is 10.1. The SMILES string of the molecule is COC(=O)CNC(=O)Cc1ccc(NC(=O)c2cccnc2SCc2c(C)noc2C)cc1. The van der Waals surface area contributed by atoms with Crippen molar-refractivity contribution in [3.8, 4) is 0 Å². The molecule has 2 heterocycles. The molecule has 9 nitrogen and oxygen atoms in total. The third kappa shape index (κ3) is 6.66. The van der Waals surface area contributed by atoms with Gasteiger partial charge in [-0.15, -0.1) is 11.8 Å². The Bertz CT molecular complexity index is 1120. The van der Waals surface area contributed by atoms with Gasteiger partial charge in [0, 0.05) is 23.2 Å². The van der Waals surface area contributed by atoms with Crippen molar-refractivity contribution >= 4 is 35.2 Å². The van der Waals surface area contributed by atoms with E-state index in [1.54, 1.807) is 42.6 Å². The first kappa shape index (κ1) is 24.0. The summed E-state index contributed by atoms with van der Waals surface area (Å²) in [5, 5.41) is 9.90. The molecule has 3 rings (SSSR count). The van der Waals surface area contributed by atoms with Crippen molar-refractivity contribution in [1.82, 2.24) is 15.5 Å². The number of carbonyl (C=O) groups excluding carboxylic acids is 3. The number of hydrogen-bond acceptors (Lipinski definition) is 8. The predicted molar refractivity (Wildman–Crippen MR) is 123 cm³/mol. The van der Waals surface area contributed by atoms with Crippen LogP contribution in [-0.2, 0) is 26.5 Å². The molecule has 0 aliphatic rings. The van der Waals surface area contributed by atoms with Crippen LogP contribution in [-0.4, -0.2) is 41.6 Å². The summed E-state index contributed by atoms with van der Waals surface area (Å²) in [4.78, 5) is 40.2. The van der Waals surface area contributed by atoms with Crippen LogP contribution in [0.5, 0.6) is 0 Å². The average Bonchev–Trinajstić information content (AvgIpc) is 3.14. The predicted octanol–water partition coefficient (Wildman–Crippen LogP) is 3.06. The first-order valence-corrected chi connectivity index (χ1v) is 11.1. The topological polar surface area (TPSA) is 123 Å². The van der Waals surface area contributed by atoms with Crippen molar-refractivity contribution in [2.45, 2.75) is 31.0 Å². The minimum absolute atomic E-state index is 0.107. The van der Waals surface area contributed by atoms with E-state index in [1.165, 1.54) is 18.9 Å². The second-order valence-corrected chi connectivity index (χ2v) is 8.09. The molecule has 0 unspecified atom stereocenters. The van der Waals surface area contributed by atoms with Crippen molar-refractivity contribution in [2.24, 2.45) is 0 Å². The number of aryl methyl sites for hydroxylation is 2. The lowest BCUT2D eigenvalue weighted by molar-refractivity contribution is -0.141. The van der Waals surface area contributed by atoms with E-state index in [-0.39, 0.29) is 24.8 Å². The van der Waals surface area contributed by atoms with E-state index in [0.29, 0.717) is 22.0 Å². The maximum absolute atomic E-state index is 12.9. The largest absolute Gasteiger partial charge is 0.468 e. The van der Waals surface area contributed by atoms with Gasteiger partial charge >= 0.3 is 5.97 Å². The van der Waals surface area contributed by atoms with Crippen LogP contribution >= 0.6 is 11.8 Å². The standard InChI is InChI=1S/C23H24N4O5S/c1-14-19(15(2)32-27-14)13-33-23-18(5-4-10-24-23)22(30)26-17-8-6-16(7-9-17)11-20(28)25-12-21(29)31-3/h4-10H,11-13H2,1-3H3,(H,25,28)(H,26,30). The third-order valence-corrected chi connectivity index (χ3v) is 5.82. The molecule has 172 valence electrons. The molecule has 10 heteroatoms. The van der Waals surface area contributed by atoms with Gasteiger partial charge < -0.3 is 19.9 Å². The highest BCUT2D eigenvalue weighted by Gasteiger charge is 2.16. The maximum atomic E-state index is 12.9. The number of carbonyl (C=O) groups is 3. The summed E-state index contributed by atoms with van der Waals surface area (Å²) in [5.74, 6) is 0.244. The van der Waals surface area contributed by atoms with Gasteiger partial charge in [-0.2, -0.15) is 0 Å². The molecule has 0 aliphatic heterocycles. The molecule has 2 N–H and O–H groups in total. The van der Waals surface area contributed by atoms with Gasteiger partial charge in [0.15, 0.2) is 0 Å². The number of amides is 2. The van der Waals surface area contributed by atoms with E-state index in [4.69, 9.17) is 4.52 Å². The van der Waals surface area contributed by atoms with Gasteiger partial charge in [0.1, 0.15) is 17.3 Å². The molecule has 1 aromatic carbocycles. The summed E-state index contributed by atoms with van der Waals surface area (Å²) < 4.78 is 9.68. The Balaban J connectivity index is 1.60. The second-order valence-electron chi connectivity index (χ2n) is 7.13. The van der Waals surface area contributed by atoms with Crippen LogP contribution in [0.4, 0.5) is 5.69 Å². The minimum atomic E-state index is -0.513. The fourth-order valence-electron chi connectivity index (χ4n) is 2.92. The first-order chi connectivity index (χ1) is 15.9. The molecular weight excluding hydrogens is 444 g/mol. The fourth-order valence-corrected chi connectivity index (χ4v) is 4.07. The normalized spacial score (nSPS) is 10.5. The van der Waals surface area contributed by atoms with Crippen LogP contribution in [0.2, 0.25) is 0 Å². The Labute approximate surface area is 195 Å². The molecule has 33 heavy (non-hydrogen) atoms. The Morgan fingerprint density at radius 2 is 1.88 bits per heavy atom. The number of hydrogen-bond donors (Lipinski definition) is 2. The Kier molecular flexibility index (Phi) is 8.20. The van der Waals surface area contributed by atoms with Crippen LogP contribution in [0.25, 0.3) is 0 Å². The van der Waals surface area contributed by atoms with E-state index in [0.717, 1.165) is 22.6 Å². The van der Waals surface area contributed by atoms with Gasteiger partial charge in [0.25, 0.3) is 5.91 Å². The maximum Gasteiger partial charge on any atom is 0.325 e. The highest BCUT2D eigenvalue weighted by atomic mass is 32.2. The fraction of sp³-hybridized carbons (Fsp3) is 0.261. The van der Waals surface area contributed by atoms with Gasteiger partial charge in [0.05, 0.1) is 24.8 Å². The molecule has 0 saturated heterocycles. The number of nitrogens with zero attached hydrogens (tertiary/aromatic N) is 2. The van der Waals surface area contributed by atoms with Crippen LogP contribution in [0.15, 0.2) is 52.1 Å². The summed E-state index contributed by atoms with van der Waals surface area (Å²) in [6.07, 6.45) is 1.75. The van der Waals surface area contributed by atoms with E-state index >= 15 is 0 Å². The summed E-state index contributed by atoms with van der Waals surface area (Å²) in [5.41, 5.74) is 3.60. The molecular formula is C23H24N4O5S. The van der Waals surface area contributed by atoms with Crippen LogP contribution in [0.3, 0.4) is 0 Å². The van der Waals surface area contributed by atoms with E-state index in [2.05, 4.69) is 25.5 Å². The third-order valence-electron chi connectivity index (χ3n) is 4.78. The number of rotatable bonds is 9. The molecule has 0 aliphatic carbocycles. The lowest BCUT2D eigenvalue weighted by Crippen LogP contribution is -2.31. The van der Waals surface area contributed by atoms with Crippen molar-refractivity contribution < 1.29 is 23.6 Å². The smallest absolute Gasteiger partial charge is 0.325 e. The van der Waals surface area contributed by atoms with E-state index < -0.39 is 5.97 Å². The molecule has 0 radical (unpaired) electrons. The number of nitrogens with one attached hydrogen (secondary N) is 2. The number of methoxy groups -OCH3 is 1. The van der Waals surface area contributed by atoms with Crippen molar-refractivity contribution in [1.29, 1.82) is 0 Å².